The molecule has 0 unspecified atom stereocenters. The second-order valence-corrected chi connectivity index (χ2v) is 5.85. The van der Waals surface area contributed by atoms with Crippen LogP contribution in [-0.2, 0) is 11.2 Å². The van der Waals surface area contributed by atoms with Crippen LogP contribution in [0.25, 0.3) is 0 Å². The molecule has 128 valence electrons. The number of benzene rings is 2. The van der Waals surface area contributed by atoms with Crippen molar-refractivity contribution in [1.29, 1.82) is 0 Å². The van der Waals surface area contributed by atoms with E-state index in [1.807, 2.05) is 56.3 Å². The molecule has 0 aliphatic rings. The van der Waals surface area contributed by atoms with E-state index in [0.717, 1.165) is 34.6 Å². The van der Waals surface area contributed by atoms with Gasteiger partial charge in [0.25, 0.3) is 5.91 Å². The van der Waals surface area contributed by atoms with Crippen molar-refractivity contribution in [2.24, 2.45) is 0 Å². The third kappa shape index (κ3) is 4.75. The fourth-order valence-electron chi connectivity index (χ4n) is 2.36. The monoisotopic (exact) mass is 327 g/mol. The van der Waals surface area contributed by atoms with E-state index in [2.05, 4.69) is 5.32 Å². The zero-order chi connectivity index (χ0) is 17.5. The zero-order valence-corrected chi connectivity index (χ0v) is 14.8. The van der Waals surface area contributed by atoms with Crippen LogP contribution in [-0.4, -0.2) is 25.7 Å². The second-order valence-electron chi connectivity index (χ2n) is 5.85. The summed E-state index contributed by atoms with van der Waals surface area (Å²) in [5.74, 6) is 1.48. The molecule has 2 aromatic rings. The Morgan fingerprint density at radius 3 is 2.50 bits per heavy atom. The van der Waals surface area contributed by atoms with Crippen LogP contribution in [0.5, 0.6) is 11.5 Å². The molecular weight excluding hydrogens is 302 g/mol. The molecule has 1 amide bonds. The summed E-state index contributed by atoms with van der Waals surface area (Å²) in [6, 6.07) is 13.7. The van der Waals surface area contributed by atoms with Crippen molar-refractivity contribution < 1.29 is 14.3 Å². The highest BCUT2D eigenvalue weighted by molar-refractivity contribution is 5.80. The van der Waals surface area contributed by atoms with Gasteiger partial charge >= 0.3 is 0 Å². The number of carbonyl (C=O) groups excluding carboxylic acids is 1. The van der Waals surface area contributed by atoms with Gasteiger partial charge in [0.1, 0.15) is 11.5 Å². The number of rotatable bonds is 7. The first kappa shape index (κ1) is 17.9. The van der Waals surface area contributed by atoms with Crippen LogP contribution in [0, 0.1) is 13.8 Å². The van der Waals surface area contributed by atoms with Crippen LogP contribution >= 0.6 is 0 Å². The topological polar surface area (TPSA) is 47.6 Å². The minimum absolute atomic E-state index is 0.107. The molecule has 0 saturated carbocycles. The Morgan fingerprint density at radius 1 is 1.12 bits per heavy atom. The van der Waals surface area contributed by atoms with Gasteiger partial charge in [0, 0.05) is 6.54 Å². The molecule has 0 fully saturated rings. The molecule has 0 spiro atoms. The molecule has 0 aliphatic heterocycles. The van der Waals surface area contributed by atoms with Crippen molar-refractivity contribution in [3.63, 3.8) is 0 Å². The third-order valence-corrected chi connectivity index (χ3v) is 4.10. The predicted molar refractivity (Wildman–Crippen MR) is 95.7 cm³/mol. The number of aryl methyl sites for hydroxylation is 1. The lowest BCUT2D eigenvalue weighted by Gasteiger charge is -2.17. The SMILES string of the molecule is COc1ccc(CCNC(=O)[C@@H](C)Oc2cccc(C)c2C)cc1. The summed E-state index contributed by atoms with van der Waals surface area (Å²) in [5, 5.41) is 2.92. The summed E-state index contributed by atoms with van der Waals surface area (Å²) in [7, 11) is 1.65. The van der Waals surface area contributed by atoms with Crippen molar-refractivity contribution in [3.05, 3.63) is 59.2 Å². The van der Waals surface area contributed by atoms with Crippen molar-refractivity contribution in [3.8, 4) is 11.5 Å². The molecule has 24 heavy (non-hydrogen) atoms. The highest BCUT2D eigenvalue weighted by Gasteiger charge is 2.15. The molecule has 4 nitrogen and oxygen atoms in total. The first-order chi connectivity index (χ1) is 11.5. The van der Waals surface area contributed by atoms with E-state index in [9.17, 15) is 4.79 Å². The number of methoxy groups -OCH3 is 1. The molecule has 0 radical (unpaired) electrons. The van der Waals surface area contributed by atoms with Crippen molar-refractivity contribution in [2.45, 2.75) is 33.3 Å². The quantitative estimate of drug-likeness (QED) is 0.847. The molecule has 1 atom stereocenters. The van der Waals surface area contributed by atoms with Gasteiger partial charge in [-0.15, -0.1) is 0 Å². The standard InChI is InChI=1S/C20H25NO3/c1-14-6-5-7-19(15(14)2)24-16(3)20(22)21-13-12-17-8-10-18(23-4)11-9-17/h5-11,16H,12-13H2,1-4H3,(H,21,22)/t16-/m1/s1. The van der Waals surface area contributed by atoms with Crippen molar-refractivity contribution in [2.75, 3.05) is 13.7 Å². The van der Waals surface area contributed by atoms with Crippen LogP contribution in [0.1, 0.15) is 23.6 Å². The first-order valence-corrected chi connectivity index (χ1v) is 8.14. The molecule has 0 bridgehead atoms. The fourth-order valence-corrected chi connectivity index (χ4v) is 2.36. The Balaban J connectivity index is 1.82. The number of amides is 1. The lowest BCUT2D eigenvalue weighted by Crippen LogP contribution is -2.37. The van der Waals surface area contributed by atoms with E-state index in [1.54, 1.807) is 14.0 Å². The minimum Gasteiger partial charge on any atom is -0.497 e. The maximum Gasteiger partial charge on any atom is 0.260 e. The van der Waals surface area contributed by atoms with Crippen LogP contribution < -0.4 is 14.8 Å². The van der Waals surface area contributed by atoms with Crippen LogP contribution in [0.4, 0.5) is 0 Å². The summed E-state index contributed by atoms with van der Waals surface area (Å²) in [5.41, 5.74) is 3.37. The molecule has 2 aromatic carbocycles. The Kier molecular flexibility index (Phi) is 6.24. The number of carbonyl (C=O) groups is 1. The molecule has 0 heterocycles. The van der Waals surface area contributed by atoms with Crippen molar-refractivity contribution >= 4 is 5.91 Å². The van der Waals surface area contributed by atoms with Gasteiger partial charge < -0.3 is 14.8 Å². The largest absolute Gasteiger partial charge is 0.497 e. The van der Waals surface area contributed by atoms with Gasteiger partial charge in [0.2, 0.25) is 0 Å². The average Bonchev–Trinajstić information content (AvgIpc) is 2.59. The Morgan fingerprint density at radius 2 is 1.83 bits per heavy atom. The lowest BCUT2D eigenvalue weighted by atomic mass is 10.1. The number of hydrogen-bond donors (Lipinski definition) is 1. The summed E-state index contributed by atoms with van der Waals surface area (Å²) < 4.78 is 10.9. The normalized spacial score (nSPS) is 11.7. The maximum atomic E-state index is 12.2. The predicted octanol–water partition coefficient (Wildman–Crippen LogP) is 3.44. The van der Waals surface area contributed by atoms with E-state index in [-0.39, 0.29) is 5.91 Å². The van der Waals surface area contributed by atoms with Gasteiger partial charge in [0.15, 0.2) is 6.10 Å². The highest BCUT2D eigenvalue weighted by atomic mass is 16.5. The number of hydrogen-bond acceptors (Lipinski definition) is 3. The van der Waals surface area contributed by atoms with Gasteiger partial charge in [-0.25, -0.2) is 0 Å². The Hall–Kier alpha value is -2.49. The van der Waals surface area contributed by atoms with E-state index in [0.29, 0.717) is 6.54 Å². The summed E-state index contributed by atoms with van der Waals surface area (Å²) in [6.07, 6.45) is 0.243. The van der Waals surface area contributed by atoms with Gasteiger partial charge in [-0.2, -0.15) is 0 Å². The minimum atomic E-state index is -0.527. The zero-order valence-electron chi connectivity index (χ0n) is 14.8. The highest BCUT2D eigenvalue weighted by Crippen LogP contribution is 2.21. The van der Waals surface area contributed by atoms with E-state index < -0.39 is 6.10 Å². The number of ether oxygens (including phenoxy) is 2. The Labute approximate surface area is 143 Å². The van der Waals surface area contributed by atoms with Crippen LogP contribution in [0.3, 0.4) is 0 Å². The Bertz CT molecular complexity index is 680. The molecular formula is C20H25NO3. The van der Waals surface area contributed by atoms with Crippen LogP contribution in [0.2, 0.25) is 0 Å². The van der Waals surface area contributed by atoms with Crippen LogP contribution in [0.15, 0.2) is 42.5 Å². The lowest BCUT2D eigenvalue weighted by molar-refractivity contribution is -0.127. The summed E-state index contributed by atoms with van der Waals surface area (Å²) >= 11 is 0. The molecule has 0 saturated heterocycles. The van der Waals surface area contributed by atoms with E-state index in [4.69, 9.17) is 9.47 Å². The maximum absolute atomic E-state index is 12.2. The molecule has 4 heteroatoms. The smallest absolute Gasteiger partial charge is 0.260 e. The second kappa shape index (κ2) is 8.39. The molecule has 0 aliphatic carbocycles. The molecule has 1 N–H and O–H groups in total. The first-order valence-electron chi connectivity index (χ1n) is 8.14. The summed E-state index contributed by atoms with van der Waals surface area (Å²) in [4.78, 5) is 12.2. The van der Waals surface area contributed by atoms with Gasteiger partial charge in [0.05, 0.1) is 7.11 Å². The summed E-state index contributed by atoms with van der Waals surface area (Å²) in [6.45, 7) is 6.37. The average molecular weight is 327 g/mol. The molecule has 0 aromatic heterocycles. The van der Waals surface area contributed by atoms with E-state index in [1.165, 1.54) is 0 Å². The van der Waals surface area contributed by atoms with E-state index >= 15 is 0 Å². The van der Waals surface area contributed by atoms with Gasteiger partial charge in [-0.05, 0) is 62.1 Å². The van der Waals surface area contributed by atoms with Gasteiger partial charge in [-0.1, -0.05) is 24.3 Å². The van der Waals surface area contributed by atoms with Gasteiger partial charge in [-0.3, -0.25) is 4.79 Å². The van der Waals surface area contributed by atoms with Crippen molar-refractivity contribution in [1.82, 2.24) is 5.32 Å². The third-order valence-electron chi connectivity index (χ3n) is 4.10. The number of nitrogens with one attached hydrogen (secondary N) is 1. The fraction of sp³-hybridized carbons (Fsp3) is 0.350. The molecule has 2 rings (SSSR count).